The quantitative estimate of drug-likeness (QED) is 0.235. The Hall–Kier alpha value is -1.30. The van der Waals surface area contributed by atoms with Crippen molar-refractivity contribution in [3.05, 3.63) is 10.4 Å². The van der Waals surface area contributed by atoms with Crippen molar-refractivity contribution in [2.45, 2.75) is 25.7 Å². The first-order valence-electron chi connectivity index (χ1n) is 5.78. The number of hydrogen-bond donors (Lipinski definition) is 2. The molecule has 17 heavy (non-hydrogen) atoms. The molecule has 0 heterocycles. The maximum Gasteiger partial charge on any atom is 0.329 e. The second-order valence-corrected chi connectivity index (χ2v) is 3.57. The molecule has 0 saturated carbocycles. The van der Waals surface area contributed by atoms with Gasteiger partial charge in [0.25, 0.3) is 0 Å². The van der Waals surface area contributed by atoms with Crippen LogP contribution in [0.3, 0.4) is 0 Å². The Morgan fingerprint density at radius 2 is 2.06 bits per heavy atom. The van der Waals surface area contributed by atoms with Crippen molar-refractivity contribution in [3.63, 3.8) is 0 Å². The van der Waals surface area contributed by atoms with E-state index in [1.165, 1.54) is 0 Å². The predicted molar refractivity (Wildman–Crippen MR) is 63.8 cm³/mol. The maximum absolute atomic E-state index is 10.1. The summed E-state index contributed by atoms with van der Waals surface area (Å²) in [6.07, 6.45) is 4.17. The Morgan fingerprint density at radius 1 is 1.29 bits per heavy atom. The molecule has 0 aromatic heterocycles. The highest BCUT2D eigenvalue weighted by Crippen LogP contribution is 1.98. The average molecular weight is 244 g/mol. The van der Waals surface area contributed by atoms with E-state index in [0.29, 0.717) is 19.7 Å². The predicted octanol–water partition coefficient (Wildman–Crippen LogP) is 1.55. The number of nitrogens with zero attached hydrogens (tertiary/aromatic N) is 3. The van der Waals surface area contributed by atoms with Gasteiger partial charge < -0.3 is 15.2 Å². The molecular weight excluding hydrogens is 224 g/mol. The number of rotatable bonds is 12. The van der Waals surface area contributed by atoms with Gasteiger partial charge in [0.2, 0.25) is 0 Å². The van der Waals surface area contributed by atoms with Crippen molar-refractivity contribution in [2.24, 2.45) is 5.11 Å². The van der Waals surface area contributed by atoms with Gasteiger partial charge in [0.15, 0.2) is 0 Å². The number of carboxylic acids is 1. The molecule has 0 aliphatic carbocycles. The van der Waals surface area contributed by atoms with E-state index in [4.69, 9.17) is 15.4 Å². The van der Waals surface area contributed by atoms with Crippen molar-refractivity contribution in [1.29, 1.82) is 0 Å². The van der Waals surface area contributed by atoms with Crippen LogP contribution < -0.4 is 5.32 Å². The molecule has 0 aliphatic rings. The Morgan fingerprint density at radius 3 is 2.76 bits per heavy atom. The molecule has 0 rings (SSSR count). The number of aliphatic carboxylic acids is 1. The van der Waals surface area contributed by atoms with Crippen molar-refractivity contribution in [3.8, 4) is 0 Å². The van der Waals surface area contributed by atoms with Gasteiger partial charge in [-0.25, -0.2) is 4.79 Å². The van der Waals surface area contributed by atoms with E-state index < -0.39 is 5.97 Å². The molecule has 0 saturated heterocycles. The summed E-state index contributed by atoms with van der Waals surface area (Å²) in [5.41, 5.74) is 8.04. The third-order valence-corrected chi connectivity index (χ3v) is 2.07. The fourth-order valence-electron chi connectivity index (χ4n) is 1.26. The van der Waals surface area contributed by atoms with Crippen LogP contribution in [0, 0.1) is 0 Å². The van der Waals surface area contributed by atoms with E-state index in [0.717, 1.165) is 32.2 Å². The van der Waals surface area contributed by atoms with E-state index >= 15 is 0 Å². The largest absolute Gasteiger partial charge is 0.480 e. The topological polar surface area (TPSA) is 107 Å². The molecule has 7 nitrogen and oxygen atoms in total. The monoisotopic (exact) mass is 244 g/mol. The number of azide groups is 1. The summed E-state index contributed by atoms with van der Waals surface area (Å²) in [4.78, 5) is 12.8. The van der Waals surface area contributed by atoms with Gasteiger partial charge >= 0.3 is 5.97 Å². The zero-order chi connectivity index (χ0) is 12.8. The van der Waals surface area contributed by atoms with Crippen LogP contribution in [0.4, 0.5) is 0 Å². The van der Waals surface area contributed by atoms with Crippen molar-refractivity contribution >= 4 is 5.97 Å². The molecule has 7 heteroatoms. The van der Waals surface area contributed by atoms with Crippen LogP contribution in [0.5, 0.6) is 0 Å². The highest BCUT2D eigenvalue weighted by atomic mass is 16.5. The molecule has 0 bridgehead atoms. The van der Waals surface area contributed by atoms with E-state index in [9.17, 15) is 4.79 Å². The standard InChI is InChI=1S/C10H20N4O3/c11-14-13-6-4-2-1-3-5-12-7-8-17-9-10(15)16/h12H,1-9H2,(H,15,16). The van der Waals surface area contributed by atoms with E-state index in [1.54, 1.807) is 0 Å². The maximum atomic E-state index is 10.1. The summed E-state index contributed by atoms with van der Waals surface area (Å²) in [5.74, 6) is -0.940. The molecular formula is C10H20N4O3. The number of hydrogen-bond acceptors (Lipinski definition) is 4. The summed E-state index contributed by atoms with van der Waals surface area (Å²) in [5, 5.41) is 14.9. The van der Waals surface area contributed by atoms with Gasteiger partial charge in [0.05, 0.1) is 6.61 Å². The second-order valence-electron chi connectivity index (χ2n) is 3.57. The van der Waals surface area contributed by atoms with Crippen LogP contribution in [-0.2, 0) is 9.53 Å². The molecule has 0 fully saturated rings. The van der Waals surface area contributed by atoms with Crippen LogP contribution in [0.1, 0.15) is 25.7 Å². The highest BCUT2D eigenvalue weighted by molar-refractivity contribution is 5.67. The fraction of sp³-hybridized carbons (Fsp3) is 0.900. The van der Waals surface area contributed by atoms with E-state index in [1.807, 2.05) is 0 Å². The fourth-order valence-corrected chi connectivity index (χ4v) is 1.26. The summed E-state index contributed by atoms with van der Waals surface area (Å²) in [6, 6.07) is 0. The number of ether oxygens (including phenoxy) is 1. The number of nitrogens with one attached hydrogen (secondary N) is 1. The number of unbranched alkanes of at least 4 members (excludes halogenated alkanes) is 3. The Kier molecular flexibility index (Phi) is 11.8. The zero-order valence-electron chi connectivity index (χ0n) is 9.97. The number of carbonyl (C=O) groups is 1. The Labute approximate surface area is 101 Å². The second kappa shape index (κ2) is 12.8. The Bertz CT molecular complexity index is 232. The van der Waals surface area contributed by atoms with Crippen LogP contribution in [-0.4, -0.2) is 43.9 Å². The van der Waals surface area contributed by atoms with Crippen LogP contribution in [0.25, 0.3) is 10.4 Å². The number of carboxylic acid groups (broad SMARTS) is 1. The van der Waals surface area contributed by atoms with E-state index in [-0.39, 0.29) is 6.61 Å². The summed E-state index contributed by atoms with van der Waals surface area (Å²) in [6.45, 7) is 2.33. The van der Waals surface area contributed by atoms with Crippen molar-refractivity contribution in [2.75, 3.05) is 32.8 Å². The van der Waals surface area contributed by atoms with E-state index in [2.05, 4.69) is 15.3 Å². The lowest BCUT2D eigenvalue weighted by Gasteiger charge is -2.04. The SMILES string of the molecule is [N-]=[N+]=NCCCCCCNCCOCC(=O)O. The third-order valence-electron chi connectivity index (χ3n) is 2.07. The molecule has 0 aromatic carbocycles. The van der Waals surface area contributed by atoms with Gasteiger partial charge in [-0.05, 0) is 24.9 Å². The summed E-state index contributed by atoms with van der Waals surface area (Å²) in [7, 11) is 0. The van der Waals surface area contributed by atoms with Gasteiger partial charge in [-0.2, -0.15) is 0 Å². The van der Waals surface area contributed by atoms with Gasteiger partial charge in [0, 0.05) is 18.0 Å². The summed E-state index contributed by atoms with van der Waals surface area (Å²) < 4.78 is 4.86. The first-order valence-corrected chi connectivity index (χ1v) is 5.78. The van der Waals surface area contributed by atoms with Gasteiger partial charge in [-0.1, -0.05) is 18.0 Å². The molecule has 0 spiro atoms. The first kappa shape index (κ1) is 15.7. The molecule has 0 amide bonds. The molecule has 0 aliphatic heterocycles. The normalized spacial score (nSPS) is 9.88. The highest BCUT2D eigenvalue weighted by Gasteiger charge is 1.95. The minimum Gasteiger partial charge on any atom is -0.480 e. The lowest BCUT2D eigenvalue weighted by atomic mass is 10.2. The average Bonchev–Trinajstić information content (AvgIpc) is 2.30. The van der Waals surface area contributed by atoms with Crippen LogP contribution >= 0.6 is 0 Å². The third kappa shape index (κ3) is 14.7. The Balaban J connectivity index is 2.98. The molecule has 98 valence electrons. The van der Waals surface area contributed by atoms with Crippen molar-refractivity contribution < 1.29 is 14.6 Å². The van der Waals surface area contributed by atoms with Gasteiger partial charge in [-0.3, -0.25) is 0 Å². The minimum absolute atomic E-state index is 0.235. The van der Waals surface area contributed by atoms with Crippen LogP contribution in [0.15, 0.2) is 5.11 Å². The van der Waals surface area contributed by atoms with Crippen LogP contribution in [0.2, 0.25) is 0 Å². The van der Waals surface area contributed by atoms with Gasteiger partial charge in [0.1, 0.15) is 6.61 Å². The molecule has 0 atom stereocenters. The minimum atomic E-state index is -0.940. The lowest BCUT2D eigenvalue weighted by Crippen LogP contribution is -2.22. The zero-order valence-corrected chi connectivity index (χ0v) is 9.97. The molecule has 0 unspecified atom stereocenters. The first-order chi connectivity index (χ1) is 8.27. The smallest absolute Gasteiger partial charge is 0.329 e. The lowest BCUT2D eigenvalue weighted by molar-refractivity contribution is -0.142. The van der Waals surface area contributed by atoms with Gasteiger partial charge in [-0.15, -0.1) is 0 Å². The summed E-state index contributed by atoms with van der Waals surface area (Å²) >= 11 is 0. The molecule has 0 radical (unpaired) electrons. The molecule has 2 N–H and O–H groups in total. The molecule has 0 aromatic rings. The van der Waals surface area contributed by atoms with Crippen molar-refractivity contribution in [1.82, 2.24) is 5.32 Å².